The predicted octanol–water partition coefficient (Wildman–Crippen LogP) is 3.43. The number of aliphatic hydroxyl groups is 1. The highest BCUT2D eigenvalue weighted by molar-refractivity contribution is 5.62. The van der Waals surface area contributed by atoms with Crippen LogP contribution >= 0.6 is 0 Å². The van der Waals surface area contributed by atoms with Crippen LogP contribution in [-0.2, 0) is 20.2 Å². The topological polar surface area (TPSA) is 50.1 Å². The zero-order valence-corrected chi connectivity index (χ0v) is 14.1. The molecule has 4 nitrogen and oxygen atoms in total. The van der Waals surface area contributed by atoms with E-state index in [-0.39, 0.29) is 12.6 Å². The van der Waals surface area contributed by atoms with Crippen LogP contribution in [-0.4, -0.2) is 14.9 Å². The lowest BCUT2D eigenvalue weighted by Gasteiger charge is -2.15. The van der Waals surface area contributed by atoms with Gasteiger partial charge in [-0.15, -0.1) is 0 Å². The van der Waals surface area contributed by atoms with E-state index in [4.69, 9.17) is 0 Å². The first-order valence-electron chi connectivity index (χ1n) is 8.17. The molecule has 1 atom stereocenters. The second-order valence-electron chi connectivity index (χ2n) is 6.11. The molecule has 1 aromatic heterocycles. The first-order chi connectivity index (χ1) is 11.7. The number of benzene rings is 2. The molecule has 0 radical (unpaired) electrons. The van der Waals surface area contributed by atoms with Crippen molar-refractivity contribution in [3.8, 4) is 11.1 Å². The van der Waals surface area contributed by atoms with Gasteiger partial charge in [0.15, 0.2) is 0 Å². The zero-order valence-electron chi connectivity index (χ0n) is 14.1. The van der Waals surface area contributed by atoms with Crippen molar-refractivity contribution in [2.24, 2.45) is 7.05 Å². The van der Waals surface area contributed by atoms with E-state index >= 15 is 0 Å². The molecule has 2 N–H and O–H groups in total. The molecule has 24 heavy (non-hydrogen) atoms. The molecule has 0 unspecified atom stereocenters. The largest absolute Gasteiger partial charge is 0.392 e. The SMILES string of the molecule is C[C@H](NCc1cccc(-c2cnn(C)c2)c1)c1cccc(CO)c1. The fraction of sp³-hybridized carbons (Fsp3) is 0.250. The van der Waals surface area contributed by atoms with Crippen LogP contribution in [0.1, 0.15) is 29.7 Å². The lowest BCUT2D eigenvalue weighted by atomic mass is 10.0. The number of nitrogens with zero attached hydrogens (tertiary/aromatic N) is 2. The third-order valence-corrected chi connectivity index (χ3v) is 4.21. The lowest BCUT2D eigenvalue weighted by molar-refractivity contribution is 0.281. The van der Waals surface area contributed by atoms with Gasteiger partial charge in [-0.2, -0.15) is 5.10 Å². The summed E-state index contributed by atoms with van der Waals surface area (Å²) in [6.45, 7) is 3.01. The van der Waals surface area contributed by atoms with Gasteiger partial charge >= 0.3 is 0 Å². The number of aryl methyl sites for hydroxylation is 1. The Morgan fingerprint density at radius 2 is 1.88 bits per heavy atom. The second-order valence-corrected chi connectivity index (χ2v) is 6.11. The number of rotatable bonds is 6. The standard InChI is InChI=1S/C20H23N3O/c1-15(18-7-4-6-17(10-18)14-24)21-11-16-5-3-8-19(9-16)20-12-22-23(2)13-20/h3-10,12-13,15,21,24H,11,14H2,1-2H3/t15-/m0/s1. The van der Waals surface area contributed by atoms with Gasteiger partial charge in [-0.1, -0.05) is 42.5 Å². The van der Waals surface area contributed by atoms with Crippen molar-refractivity contribution < 1.29 is 5.11 Å². The van der Waals surface area contributed by atoms with E-state index in [9.17, 15) is 5.11 Å². The minimum atomic E-state index is 0.0771. The van der Waals surface area contributed by atoms with Gasteiger partial charge in [0.05, 0.1) is 12.8 Å². The van der Waals surface area contributed by atoms with Crippen LogP contribution in [0.5, 0.6) is 0 Å². The summed E-state index contributed by atoms with van der Waals surface area (Å²) >= 11 is 0. The Hall–Kier alpha value is -2.43. The van der Waals surface area contributed by atoms with Crippen molar-refractivity contribution >= 4 is 0 Å². The molecule has 4 heteroatoms. The van der Waals surface area contributed by atoms with Crippen molar-refractivity contribution in [1.82, 2.24) is 15.1 Å². The smallest absolute Gasteiger partial charge is 0.0681 e. The molecule has 0 fully saturated rings. The minimum Gasteiger partial charge on any atom is -0.392 e. The fourth-order valence-corrected chi connectivity index (χ4v) is 2.78. The van der Waals surface area contributed by atoms with Crippen molar-refractivity contribution in [3.63, 3.8) is 0 Å². The average molecular weight is 321 g/mol. The Morgan fingerprint density at radius 3 is 2.62 bits per heavy atom. The second kappa shape index (κ2) is 7.43. The highest BCUT2D eigenvalue weighted by atomic mass is 16.3. The van der Waals surface area contributed by atoms with E-state index in [0.717, 1.165) is 17.7 Å². The summed E-state index contributed by atoms with van der Waals surface area (Å²) in [5.41, 5.74) is 5.67. The molecule has 1 heterocycles. The van der Waals surface area contributed by atoms with Crippen LogP contribution in [0.15, 0.2) is 60.9 Å². The van der Waals surface area contributed by atoms with E-state index in [1.807, 2.05) is 42.3 Å². The molecule has 2 aromatic carbocycles. The van der Waals surface area contributed by atoms with Gasteiger partial charge in [-0.3, -0.25) is 4.68 Å². The zero-order chi connectivity index (χ0) is 16.9. The van der Waals surface area contributed by atoms with Crippen LogP contribution < -0.4 is 5.32 Å². The van der Waals surface area contributed by atoms with Crippen LogP contribution in [0.2, 0.25) is 0 Å². The van der Waals surface area contributed by atoms with E-state index in [2.05, 4.69) is 47.7 Å². The predicted molar refractivity (Wildman–Crippen MR) is 96.3 cm³/mol. The summed E-state index contributed by atoms with van der Waals surface area (Å²) < 4.78 is 1.82. The fourth-order valence-electron chi connectivity index (χ4n) is 2.78. The molecule has 0 aliphatic rings. The van der Waals surface area contributed by atoms with Crippen molar-refractivity contribution in [2.45, 2.75) is 26.1 Å². The molecule has 0 bridgehead atoms. The summed E-state index contributed by atoms with van der Waals surface area (Å²) in [6, 6.07) is 16.8. The Balaban J connectivity index is 1.68. The van der Waals surface area contributed by atoms with Gasteiger partial charge in [0, 0.05) is 31.4 Å². The Morgan fingerprint density at radius 1 is 1.08 bits per heavy atom. The number of nitrogens with one attached hydrogen (secondary N) is 1. The van der Waals surface area contributed by atoms with Crippen molar-refractivity contribution in [1.29, 1.82) is 0 Å². The van der Waals surface area contributed by atoms with E-state index in [1.54, 1.807) is 0 Å². The Bertz CT molecular complexity index is 810. The van der Waals surface area contributed by atoms with Crippen molar-refractivity contribution in [3.05, 3.63) is 77.6 Å². The van der Waals surface area contributed by atoms with E-state index in [0.29, 0.717) is 0 Å². The quantitative estimate of drug-likeness (QED) is 0.731. The van der Waals surface area contributed by atoms with Crippen LogP contribution in [0, 0.1) is 0 Å². The third kappa shape index (κ3) is 3.91. The van der Waals surface area contributed by atoms with Crippen molar-refractivity contribution in [2.75, 3.05) is 0 Å². The van der Waals surface area contributed by atoms with Crippen LogP contribution in [0.4, 0.5) is 0 Å². The molecule has 3 aromatic rings. The Labute approximate surface area is 142 Å². The summed E-state index contributed by atoms with van der Waals surface area (Å²) in [7, 11) is 1.93. The molecular formula is C20H23N3O. The first-order valence-corrected chi connectivity index (χ1v) is 8.17. The highest BCUT2D eigenvalue weighted by Crippen LogP contribution is 2.20. The molecule has 0 saturated heterocycles. The first kappa shape index (κ1) is 16.4. The normalized spacial score (nSPS) is 12.3. The van der Waals surface area contributed by atoms with Crippen LogP contribution in [0.3, 0.4) is 0 Å². The van der Waals surface area contributed by atoms with Gasteiger partial charge < -0.3 is 10.4 Å². The van der Waals surface area contributed by atoms with Gasteiger partial charge in [0.1, 0.15) is 0 Å². The summed E-state index contributed by atoms with van der Waals surface area (Å²) in [5.74, 6) is 0. The summed E-state index contributed by atoms with van der Waals surface area (Å²) in [4.78, 5) is 0. The van der Waals surface area contributed by atoms with Crippen LogP contribution in [0.25, 0.3) is 11.1 Å². The molecule has 124 valence electrons. The lowest BCUT2D eigenvalue weighted by Crippen LogP contribution is -2.18. The molecular weight excluding hydrogens is 298 g/mol. The maximum atomic E-state index is 9.26. The molecule has 0 saturated carbocycles. The maximum absolute atomic E-state index is 9.26. The molecule has 3 rings (SSSR count). The summed E-state index contributed by atoms with van der Waals surface area (Å²) in [5, 5.41) is 17.0. The molecule has 0 aliphatic carbocycles. The summed E-state index contributed by atoms with van der Waals surface area (Å²) in [6.07, 6.45) is 3.91. The monoisotopic (exact) mass is 321 g/mol. The molecule has 0 amide bonds. The van der Waals surface area contributed by atoms with Gasteiger partial charge in [0.2, 0.25) is 0 Å². The molecule has 0 aliphatic heterocycles. The minimum absolute atomic E-state index is 0.0771. The third-order valence-electron chi connectivity index (χ3n) is 4.21. The van der Waals surface area contributed by atoms with Gasteiger partial charge in [-0.05, 0) is 35.2 Å². The Kier molecular flexibility index (Phi) is 5.08. The highest BCUT2D eigenvalue weighted by Gasteiger charge is 2.07. The molecule has 0 spiro atoms. The van der Waals surface area contributed by atoms with E-state index < -0.39 is 0 Å². The number of aromatic nitrogens is 2. The van der Waals surface area contributed by atoms with E-state index in [1.165, 1.54) is 16.7 Å². The average Bonchev–Trinajstić information content (AvgIpc) is 3.06. The number of hydrogen-bond acceptors (Lipinski definition) is 3. The van der Waals surface area contributed by atoms with Gasteiger partial charge in [0.25, 0.3) is 0 Å². The number of aliphatic hydroxyl groups excluding tert-OH is 1. The number of hydrogen-bond donors (Lipinski definition) is 2. The maximum Gasteiger partial charge on any atom is 0.0681 e. The van der Waals surface area contributed by atoms with Gasteiger partial charge in [-0.25, -0.2) is 0 Å².